The van der Waals surface area contributed by atoms with Crippen molar-refractivity contribution < 1.29 is 13.0 Å². The third-order valence-corrected chi connectivity index (χ3v) is 3.22. The van der Waals surface area contributed by atoms with Gasteiger partial charge in [0.25, 0.3) is 10.1 Å². The lowest BCUT2D eigenvalue weighted by atomic mass is 10.2. The molecule has 0 saturated heterocycles. The average molecular weight is 299 g/mol. The second kappa shape index (κ2) is 7.76. The highest BCUT2D eigenvalue weighted by molar-refractivity contribution is 7.85. The predicted molar refractivity (Wildman–Crippen MR) is 81.7 cm³/mol. The molecule has 3 N–H and O–H groups in total. The lowest BCUT2D eigenvalue weighted by molar-refractivity contribution is 0.483. The highest BCUT2D eigenvalue weighted by Crippen LogP contribution is 2.12. The fourth-order valence-corrected chi connectivity index (χ4v) is 2.07. The van der Waals surface area contributed by atoms with Gasteiger partial charge in [0, 0.05) is 17.2 Å². The van der Waals surface area contributed by atoms with Crippen molar-refractivity contribution >= 4 is 10.1 Å². The van der Waals surface area contributed by atoms with Crippen LogP contribution in [0.1, 0.15) is 11.1 Å². The van der Waals surface area contributed by atoms with E-state index in [2.05, 4.69) is 17.9 Å². The standard InChI is InChI=1S/C8H7N.C8H6O3S/c9-7-6-8-4-2-1-3-5-8;1-2-7-5-3-4-6-8(7)12(9,10)11/h1-5H,9H2;1,3-6H,(H,9,10,11). The Balaban J connectivity index is 0.000000219. The van der Waals surface area contributed by atoms with Crippen LogP contribution < -0.4 is 5.73 Å². The van der Waals surface area contributed by atoms with Crippen molar-refractivity contribution in [3.05, 3.63) is 65.7 Å². The number of benzene rings is 2. The van der Waals surface area contributed by atoms with Crippen LogP contribution in [0.5, 0.6) is 0 Å². The topological polar surface area (TPSA) is 80.4 Å². The van der Waals surface area contributed by atoms with E-state index in [9.17, 15) is 8.42 Å². The van der Waals surface area contributed by atoms with Gasteiger partial charge in [-0.3, -0.25) is 4.55 Å². The van der Waals surface area contributed by atoms with Crippen LogP contribution in [0.3, 0.4) is 0 Å². The van der Waals surface area contributed by atoms with Crippen LogP contribution in [-0.2, 0) is 10.1 Å². The fraction of sp³-hybridized carbons (Fsp3) is 0. The molecule has 0 bridgehead atoms. The number of nitrogens with two attached hydrogens (primary N) is 1. The average Bonchev–Trinajstić information content (AvgIpc) is 2.48. The molecule has 0 fully saturated rings. The zero-order chi connectivity index (χ0) is 15.7. The van der Waals surface area contributed by atoms with Gasteiger partial charge in [-0.2, -0.15) is 8.42 Å². The van der Waals surface area contributed by atoms with Gasteiger partial charge in [-0.25, -0.2) is 0 Å². The summed E-state index contributed by atoms with van der Waals surface area (Å²) in [6, 6.07) is 17.8. The molecule has 0 heterocycles. The van der Waals surface area contributed by atoms with Gasteiger partial charge >= 0.3 is 0 Å². The van der Waals surface area contributed by atoms with Crippen molar-refractivity contribution in [3.63, 3.8) is 0 Å². The van der Waals surface area contributed by atoms with Crippen molar-refractivity contribution in [1.29, 1.82) is 0 Å². The Morgan fingerprint density at radius 1 is 1.00 bits per heavy atom. The molecule has 0 aromatic heterocycles. The number of hydrogen-bond donors (Lipinski definition) is 2. The third kappa shape index (κ3) is 5.42. The molecule has 21 heavy (non-hydrogen) atoms. The SMILES string of the molecule is C#Cc1ccccc1S(=O)(=O)O.NC#Cc1ccccc1. The normalized spacial score (nSPS) is 9.33. The second-order valence-electron chi connectivity index (χ2n) is 3.75. The Hall–Kier alpha value is -2.73. The largest absolute Gasteiger partial charge is 0.359 e. The molecular weight excluding hydrogens is 286 g/mol. The molecule has 106 valence electrons. The predicted octanol–water partition coefficient (Wildman–Crippen LogP) is 1.87. The van der Waals surface area contributed by atoms with Crippen molar-refractivity contribution in [2.75, 3.05) is 0 Å². The number of hydrogen-bond acceptors (Lipinski definition) is 3. The van der Waals surface area contributed by atoms with E-state index >= 15 is 0 Å². The van der Waals surface area contributed by atoms with E-state index in [1.807, 2.05) is 30.3 Å². The summed E-state index contributed by atoms with van der Waals surface area (Å²) >= 11 is 0. The first-order valence-electron chi connectivity index (χ1n) is 5.79. The Morgan fingerprint density at radius 3 is 2.05 bits per heavy atom. The van der Waals surface area contributed by atoms with Gasteiger partial charge < -0.3 is 5.73 Å². The van der Waals surface area contributed by atoms with E-state index in [1.54, 1.807) is 6.07 Å². The molecule has 0 saturated carbocycles. The number of terminal acetylenes is 1. The summed E-state index contributed by atoms with van der Waals surface area (Å²) in [7, 11) is -4.19. The van der Waals surface area contributed by atoms with Crippen molar-refractivity contribution in [1.82, 2.24) is 0 Å². The summed E-state index contributed by atoms with van der Waals surface area (Å²) in [5.74, 6) is 4.90. The molecule has 0 unspecified atom stereocenters. The smallest absolute Gasteiger partial charge is 0.295 e. The van der Waals surface area contributed by atoms with Crippen molar-refractivity contribution in [3.8, 4) is 24.3 Å². The minimum Gasteiger partial charge on any atom is -0.359 e. The maximum atomic E-state index is 10.7. The van der Waals surface area contributed by atoms with Gasteiger partial charge in [-0.05, 0) is 30.2 Å². The summed E-state index contributed by atoms with van der Waals surface area (Å²) < 4.78 is 30.0. The molecule has 0 aliphatic rings. The fourth-order valence-electron chi connectivity index (χ4n) is 1.42. The summed E-state index contributed by atoms with van der Waals surface area (Å²) in [4.78, 5) is -0.229. The van der Waals surface area contributed by atoms with E-state index in [4.69, 9.17) is 16.7 Å². The molecule has 2 aromatic carbocycles. The summed E-state index contributed by atoms with van der Waals surface area (Å²) in [5.41, 5.74) is 6.12. The van der Waals surface area contributed by atoms with E-state index in [-0.39, 0.29) is 10.5 Å². The van der Waals surface area contributed by atoms with Crippen LogP contribution >= 0.6 is 0 Å². The minimum absolute atomic E-state index is 0.167. The minimum atomic E-state index is -4.19. The molecular formula is C16H13NO3S. The lowest BCUT2D eigenvalue weighted by Crippen LogP contribution is -2.00. The first-order valence-corrected chi connectivity index (χ1v) is 7.23. The van der Waals surface area contributed by atoms with Gasteiger partial charge in [-0.1, -0.05) is 36.3 Å². The quantitative estimate of drug-likeness (QED) is 0.478. The van der Waals surface area contributed by atoms with Crippen LogP contribution in [-0.4, -0.2) is 13.0 Å². The maximum absolute atomic E-state index is 10.7. The molecule has 0 radical (unpaired) electrons. The van der Waals surface area contributed by atoms with Gasteiger partial charge in [0.15, 0.2) is 0 Å². The zero-order valence-electron chi connectivity index (χ0n) is 11.0. The molecule has 2 aromatic rings. The lowest BCUT2D eigenvalue weighted by Gasteiger charge is -1.98. The number of rotatable bonds is 1. The first-order chi connectivity index (χ1) is 9.99. The Labute approximate surface area is 124 Å². The first kappa shape index (κ1) is 16.3. The van der Waals surface area contributed by atoms with Crippen LogP contribution in [0.4, 0.5) is 0 Å². The van der Waals surface area contributed by atoms with Crippen molar-refractivity contribution in [2.45, 2.75) is 4.90 Å². The zero-order valence-corrected chi connectivity index (χ0v) is 11.8. The molecule has 0 atom stereocenters. The van der Waals surface area contributed by atoms with Crippen LogP contribution in [0.15, 0.2) is 59.5 Å². The summed E-state index contributed by atoms with van der Waals surface area (Å²) in [5, 5.41) is 0. The Bertz CT molecular complexity index is 795. The molecule has 2 rings (SSSR count). The van der Waals surface area contributed by atoms with E-state index in [0.717, 1.165) is 5.56 Å². The Morgan fingerprint density at radius 2 is 1.57 bits per heavy atom. The van der Waals surface area contributed by atoms with Crippen LogP contribution in [0.2, 0.25) is 0 Å². The maximum Gasteiger partial charge on any atom is 0.295 e. The Kier molecular flexibility index (Phi) is 6.03. The van der Waals surface area contributed by atoms with Crippen LogP contribution in [0, 0.1) is 24.3 Å². The molecule has 0 amide bonds. The molecule has 0 aliphatic carbocycles. The van der Waals surface area contributed by atoms with Gasteiger partial charge in [0.05, 0.1) is 0 Å². The van der Waals surface area contributed by atoms with Gasteiger partial charge in [0.2, 0.25) is 0 Å². The van der Waals surface area contributed by atoms with Crippen molar-refractivity contribution in [2.24, 2.45) is 5.73 Å². The molecule has 5 heteroatoms. The summed E-state index contributed by atoms with van der Waals surface area (Å²) in [6.07, 6.45) is 5.02. The highest BCUT2D eigenvalue weighted by atomic mass is 32.2. The molecule has 0 aliphatic heterocycles. The second-order valence-corrected chi connectivity index (χ2v) is 5.14. The molecule has 4 nitrogen and oxygen atoms in total. The monoisotopic (exact) mass is 299 g/mol. The van der Waals surface area contributed by atoms with Crippen LogP contribution in [0.25, 0.3) is 0 Å². The third-order valence-electron chi connectivity index (χ3n) is 2.31. The van der Waals surface area contributed by atoms with E-state index in [0.29, 0.717) is 0 Å². The molecule has 0 spiro atoms. The highest BCUT2D eigenvalue weighted by Gasteiger charge is 2.12. The van der Waals surface area contributed by atoms with Gasteiger partial charge in [0.1, 0.15) is 4.90 Å². The van der Waals surface area contributed by atoms with Gasteiger partial charge in [-0.15, -0.1) is 6.42 Å². The summed E-state index contributed by atoms with van der Waals surface area (Å²) in [6.45, 7) is 0. The van der Waals surface area contributed by atoms with E-state index < -0.39 is 10.1 Å². The van der Waals surface area contributed by atoms with E-state index in [1.165, 1.54) is 18.2 Å².